The second-order valence-electron chi connectivity index (χ2n) is 7.57. The second kappa shape index (κ2) is 8.51. The van der Waals surface area contributed by atoms with Crippen LogP contribution in [0.2, 0.25) is 0 Å². The third-order valence-electron chi connectivity index (χ3n) is 5.42. The summed E-state index contributed by atoms with van der Waals surface area (Å²) < 4.78 is 0. The normalized spacial score (nSPS) is 12.1. The van der Waals surface area contributed by atoms with Gasteiger partial charge in [0.1, 0.15) is 11.6 Å². The molecule has 0 saturated carbocycles. The zero-order chi connectivity index (χ0) is 22.8. The van der Waals surface area contributed by atoms with E-state index in [9.17, 15) is 9.59 Å². The molecule has 0 fully saturated rings. The molecule has 0 spiro atoms. The lowest BCUT2D eigenvalue weighted by molar-refractivity contribution is 0.0984. The van der Waals surface area contributed by atoms with E-state index in [2.05, 4.69) is 25.6 Å². The maximum absolute atomic E-state index is 13.5. The lowest BCUT2D eigenvalue weighted by Crippen LogP contribution is -2.30. The quantitative estimate of drug-likeness (QED) is 0.496. The van der Waals surface area contributed by atoms with Gasteiger partial charge in [-0.25, -0.2) is 9.97 Å². The number of hydrogen-bond donors (Lipinski definition) is 2. The Morgan fingerprint density at radius 2 is 1.76 bits per heavy atom. The van der Waals surface area contributed by atoms with Crippen LogP contribution in [0.25, 0.3) is 0 Å². The monoisotopic (exact) mass is 436 g/mol. The van der Waals surface area contributed by atoms with Crippen LogP contribution in [0.1, 0.15) is 32.0 Å². The van der Waals surface area contributed by atoms with Gasteiger partial charge in [-0.2, -0.15) is 0 Å². The highest BCUT2D eigenvalue weighted by molar-refractivity contribution is 6.09. The van der Waals surface area contributed by atoms with Gasteiger partial charge < -0.3 is 15.5 Å². The van der Waals surface area contributed by atoms with E-state index in [0.29, 0.717) is 29.2 Å². The highest BCUT2D eigenvalue weighted by Crippen LogP contribution is 2.35. The minimum Gasteiger partial charge on any atom is -0.338 e. The molecular weight excluding hydrogens is 416 g/mol. The zero-order valence-electron chi connectivity index (χ0n) is 17.8. The molecule has 0 aliphatic carbocycles. The van der Waals surface area contributed by atoms with Crippen molar-refractivity contribution < 1.29 is 9.59 Å². The van der Waals surface area contributed by atoms with Crippen LogP contribution in [0.5, 0.6) is 0 Å². The number of para-hydroxylation sites is 2. The number of aryl methyl sites for hydroxylation is 1. The highest BCUT2D eigenvalue weighted by atomic mass is 16.2. The number of anilines is 4. The van der Waals surface area contributed by atoms with Gasteiger partial charge in [0.2, 0.25) is 0 Å². The highest BCUT2D eigenvalue weighted by Gasteiger charge is 2.25. The SMILES string of the molecule is Cc1ncccc1C(=O)Nc1ccc(C(=O)N2Cc3cccnc3Nc3ccccc32)cn1. The first kappa shape index (κ1) is 20.3. The van der Waals surface area contributed by atoms with Crippen molar-refractivity contribution in [1.29, 1.82) is 0 Å². The molecule has 8 nitrogen and oxygen atoms in total. The molecular formula is C25H20N6O2. The van der Waals surface area contributed by atoms with Gasteiger partial charge in [0.25, 0.3) is 11.8 Å². The number of fused-ring (bicyclic) bond motifs is 2. The lowest BCUT2D eigenvalue weighted by Gasteiger charge is -2.22. The molecule has 5 rings (SSSR count). The topological polar surface area (TPSA) is 100 Å². The largest absolute Gasteiger partial charge is 0.338 e. The Morgan fingerprint density at radius 1 is 0.939 bits per heavy atom. The average molecular weight is 436 g/mol. The molecule has 1 aliphatic heterocycles. The Labute approximate surface area is 190 Å². The number of pyridine rings is 3. The first-order valence-electron chi connectivity index (χ1n) is 10.4. The predicted octanol–water partition coefficient (Wildman–Crippen LogP) is 4.34. The molecule has 2 amide bonds. The summed E-state index contributed by atoms with van der Waals surface area (Å²) in [5.41, 5.74) is 3.97. The van der Waals surface area contributed by atoms with Gasteiger partial charge >= 0.3 is 0 Å². The van der Waals surface area contributed by atoms with Crippen molar-refractivity contribution in [3.8, 4) is 0 Å². The number of carbonyl (C=O) groups is 2. The van der Waals surface area contributed by atoms with Crippen LogP contribution in [-0.2, 0) is 6.54 Å². The number of aromatic nitrogens is 3. The van der Waals surface area contributed by atoms with E-state index in [1.807, 2.05) is 36.4 Å². The summed E-state index contributed by atoms with van der Waals surface area (Å²) in [7, 11) is 0. The number of nitrogens with zero attached hydrogens (tertiary/aromatic N) is 4. The second-order valence-corrected chi connectivity index (χ2v) is 7.57. The Bertz CT molecular complexity index is 1350. The van der Waals surface area contributed by atoms with Crippen LogP contribution in [-0.4, -0.2) is 26.8 Å². The molecule has 8 heteroatoms. The molecule has 0 radical (unpaired) electrons. The van der Waals surface area contributed by atoms with Crippen molar-refractivity contribution in [3.05, 3.63) is 102 Å². The summed E-state index contributed by atoms with van der Waals surface area (Å²) in [6.45, 7) is 2.14. The molecule has 1 aromatic carbocycles. The molecule has 0 atom stereocenters. The van der Waals surface area contributed by atoms with Gasteiger partial charge in [-0.1, -0.05) is 18.2 Å². The third kappa shape index (κ3) is 4.01. The van der Waals surface area contributed by atoms with E-state index in [-0.39, 0.29) is 11.8 Å². The first-order valence-corrected chi connectivity index (χ1v) is 10.4. The maximum Gasteiger partial charge on any atom is 0.260 e. The summed E-state index contributed by atoms with van der Waals surface area (Å²) in [5, 5.41) is 6.07. The average Bonchev–Trinajstić information content (AvgIpc) is 3.01. The zero-order valence-corrected chi connectivity index (χ0v) is 17.8. The fourth-order valence-electron chi connectivity index (χ4n) is 3.72. The van der Waals surface area contributed by atoms with Crippen LogP contribution in [0, 0.1) is 6.92 Å². The standard InChI is InChI=1S/C25H20N6O2/c1-16-19(7-5-12-26-16)24(32)30-22-11-10-17(14-28-22)25(33)31-15-18-6-4-13-27-23(18)29-20-8-2-3-9-21(20)31/h2-14H,15H2,1H3,(H,27,29)(H,28,30,32). The summed E-state index contributed by atoms with van der Waals surface area (Å²) in [6, 6.07) is 18.1. The van der Waals surface area contributed by atoms with E-state index in [4.69, 9.17) is 0 Å². The number of hydrogen-bond acceptors (Lipinski definition) is 6. The summed E-state index contributed by atoms with van der Waals surface area (Å²) in [6.07, 6.45) is 4.82. The molecule has 0 unspecified atom stereocenters. The van der Waals surface area contributed by atoms with E-state index < -0.39 is 0 Å². The van der Waals surface area contributed by atoms with Gasteiger partial charge in [0.15, 0.2) is 0 Å². The van der Waals surface area contributed by atoms with Crippen LogP contribution in [0.3, 0.4) is 0 Å². The maximum atomic E-state index is 13.5. The molecule has 4 aromatic rings. The third-order valence-corrected chi connectivity index (χ3v) is 5.42. The number of rotatable bonds is 3. The van der Waals surface area contributed by atoms with E-state index in [0.717, 1.165) is 22.8 Å². The molecule has 33 heavy (non-hydrogen) atoms. The minimum atomic E-state index is -0.302. The minimum absolute atomic E-state index is 0.200. The lowest BCUT2D eigenvalue weighted by atomic mass is 10.1. The summed E-state index contributed by atoms with van der Waals surface area (Å²) in [4.78, 5) is 40.5. The van der Waals surface area contributed by atoms with Crippen LogP contribution < -0.4 is 15.5 Å². The van der Waals surface area contributed by atoms with Gasteiger partial charge in [0, 0.05) is 29.8 Å². The van der Waals surface area contributed by atoms with Crippen molar-refractivity contribution in [1.82, 2.24) is 15.0 Å². The van der Waals surface area contributed by atoms with Crippen LogP contribution >= 0.6 is 0 Å². The van der Waals surface area contributed by atoms with Gasteiger partial charge in [-0.15, -0.1) is 0 Å². The first-order chi connectivity index (χ1) is 16.1. The van der Waals surface area contributed by atoms with Crippen molar-refractivity contribution >= 4 is 34.8 Å². The number of nitrogens with one attached hydrogen (secondary N) is 2. The molecule has 162 valence electrons. The number of carbonyl (C=O) groups excluding carboxylic acids is 2. The Morgan fingerprint density at radius 3 is 2.58 bits per heavy atom. The van der Waals surface area contributed by atoms with E-state index in [1.54, 1.807) is 48.5 Å². The Hall–Kier alpha value is -4.59. The van der Waals surface area contributed by atoms with Crippen molar-refractivity contribution in [2.24, 2.45) is 0 Å². The van der Waals surface area contributed by atoms with Crippen LogP contribution in [0.15, 0.2) is 79.3 Å². The van der Waals surface area contributed by atoms with Crippen molar-refractivity contribution in [3.63, 3.8) is 0 Å². The van der Waals surface area contributed by atoms with Gasteiger partial charge in [0.05, 0.1) is 29.0 Å². The molecule has 4 heterocycles. The smallest absolute Gasteiger partial charge is 0.260 e. The van der Waals surface area contributed by atoms with Crippen molar-refractivity contribution in [2.75, 3.05) is 15.5 Å². The summed E-state index contributed by atoms with van der Waals surface area (Å²) in [5.74, 6) is 0.577. The van der Waals surface area contributed by atoms with E-state index in [1.165, 1.54) is 6.20 Å². The predicted molar refractivity (Wildman–Crippen MR) is 126 cm³/mol. The van der Waals surface area contributed by atoms with E-state index >= 15 is 0 Å². The fourth-order valence-corrected chi connectivity index (χ4v) is 3.72. The fraction of sp³-hybridized carbons (Fsp3) is 0.0800. The molecule has 0 saturated heterocycles. The van der Waals surface area contributed by atoms with Gasteiger partial charge in [-0.05, 0) is 49.4 Å². The van der Waals surface area contributed by atoms with Crippen LogP contribution in [0.4, 0.5) is 23.0 Å². The Kier molecular flexibility index (Phi) is 5.24. The molecule has 3 aromatic heterocycles. The Balaban J connectivity index is 1.40. The number of benzene rings is 1. The molecule has 2 N–H and O–H groups in total. The molecule has 1 aliphatic rings. The molecule has 0 bridgehead atoms. The summed E-state index contributed by atoms with van der Waals surface area (Å²) >= 11 is 0. The van der Waals surface area contributed by atoms with Gasteiger partial charge in [-0.3, -0.25) is 14.6 Å². The number of amides is 2. The van der Waals surface area contributed by atoms with Crippen molar-refractivity contribution in [2.45, 2.75) is 13.5 Å².